The number of benzene rings is 1. The molecule has 0 unspecified atom stereocenters. The number of nitrogens with zero attached hydrogens (tertiary/aromatic N) is 7. The van der Waals surface area contributed by atoms with Crippen LogP contribution in [0.2, 0.25) is 5.02 Å². The van der Waals surface area contributed by atoms with Gasteiger partial charge in [0, 0.05) is 24.1 Å². The molecular formula is C20H20ClF2N7O. The molecule has 0 amide bonds. The zero-order valence-electron chi connectivity index (χ0n) is 17.0. The number of pyridine rings is 1. The highest BCUT2D eigenvalue weighted by Gasteiger charge is 2.49. The van der Waals surface area contributed by atoms with Crippen LogP contribution in [0.1, 0.15) is 17.6 Å². The molecule has 31 heavy (non-hydrogen) atoms. The van der Waals surface area contributed by atoms with Crippen LogP contribution in [0.4, 0.5) is 8.78 Å². The van der Waals surface area contributed by atoms with Gasteiger partial charge in [-0.15, -0.1) is 5.10 Å². The molecule has 1 saturated heterocycles. The molecule has 1 aliphatic heterocycles. The summed E-state index contributed by atoms with van der Waals surface area (Å²) in [7, 11) is 3.26. The third-order valence-electron chi connectivity index (χ3n) is 5.50. The molecule has 0 saturated carbocycles. The molecule has 1 fully saturated rings. The van der Waals surface area contributed by atoms with E-state index in [4.69, 9.17) is 16.3 Å². The number of rotatable bonds is 5. The number of hydrogen-bond donors (Lipinski definition) is 0. The molecule has 0 spiro atoms. The molecule has 162 valence electrons. The number of hydrogen-bond acceptors (Lipinski definition) is 6. The molecule has 0 N–H and O–H groups in total. The van der Waals surface area contributed by atoms with Crippen LogP contribution in [-0.2, 0) is 17.9 Å². The van der Waals surface area contributed by atoms with E-state index >= 15 is 8.78 Å². The van der Waals surface area contributed by atoms with E-state index < -0.39 is 12.0 Å². The van der Waals surface area contributed by atoms with Crippen LogP contribution in [0.25, 0.3) is 21.9 Å². The lowest BCUT2D eigenvalue weighted by molar-refractivity contribution is -0.0202. The van der Waals surface area contributed by atoms with E-state index in [0.717, 1.165) is 0 Å². The first-order chi connectivity index (χ1) is 14.9. The van der Waals surface area contributed by atoms with Crippen molar-refractivity contribution in [2.24, 2.45) is 0 Å². The number of aromatic nitrogens is 6. The number of likely N-dealkylation sites (N-methyl/N-ethyl adjacent to an activating group) is 1. The van der Waals surface area contributed by atoms with Crippen molar-refractivity contribution in [1.29, 1.82) is 0 Å². The number of fused-ring (bicyclic) bond motifs is 3. The molecule has 3 aromatic heterocycles. The Morgan fingerprint density at radius 3 is 2.87 bits per heavy atom. The smallest absolute Gasteiger partial charge is 0.282 e. The van der Waals surface area contributed by atoms with E-state index in [0.29, 0.717) is 45.1 Å². The maximum Gasteiger partial charge on any atom is 0.282 e. The van der Waals surface area contributed by atoms with E-state index in [1.54, 1.807) is 58.9 Å². The van der Waals surface area contributed by atoms with Crippen LogP contribution in [0.15, 0.2) is 30.6 Å². The van der Waals surface area contributed by atoms with E-state index in [2.05, 4.69) is 20.3 Å². The van der Waals surface area contributed by atoms with Crippen molar-refractivity contribution in [3.63, 3.8) is 0 Å². The highest BCUT2D eigenvalue weighted by Crippen LogP contribution is 2.40. The van der Waals surface area contributed by atoms with Crippen molar-refractivity contribution in [3.8, 4) is 0 Å². The summed E-state index contributed by atoms with van der Waals surface area (Å²) >= 11 is 6.23. The number of ether oxygens (including phenoxy) is 1. The van der Waals surface area contributed by atoms with E-state index in [-0.39, 0.29) is 19.6 Å². The number of alkyl halides is 2. The normalized spacial score (nSPS) is 19.1. The number of methoxy groups -OCH3 is 1. The Morgan fingerprint density at radius 1 is 1.29 bits per heavy atom. The third-order valence-corrected chi connectivity index (χ3v) is 5.73. The second kappa shape index (κ2) is 7.47. The third kappa shape index (κ3) is 3.54. The van der Waals surface area contributed by atoms with Crippen LogP contribution in [0, 0.1) is 0 Å². The molecule has 1 aliphatic rings. The fourth-order valence-corrected chi connectivity index (χ4v) is 4.42. The molecule has 1 aromatic carbocycles. The maximum atomic E-state index is 15.1. The summed E-state index contributed by atoms with van der Waals surface area (Å²) in [5, 5.41) is 9.34. The quantitative estimate of drug-likeness (QED) is 0.468. The highest BCUT2D eigenvalue weighted by molar-refractivity contribution is 6.31. The fraction of sp³-hybridized carbons (Fsp3) is 0.400. The summed E-state index contributed by atoms with van der Waals surface area (Å²) in [6, 6.07) is 4.18. The lowest BCUT2D eigenvalue weighted by atomic mass is 10.1. The fourth-order valence-electron chi connectivity index (χ4n) is 4.25. The summed E-state index contributed by atoms with van der Waals surface area (Å²) in [5.74, 6) is -2.47. The van der Waals surface area contributed by atoms with Crippen LogP contribution in [0.5, 0.6) is 0 Å². The van der Waals surface area contributed by atoms with Gasteiger partial charge in [0.2, 0.25) is 0 Å². The van der Waals surface area contributed by atoms with Crippen LogP contribution < -0.4 is 0 Å². The van der Waals surface area contributed by atoms with Gasteiger partial charge in [-0.2, -0.15) is 0 Å². The standard InChI is InChI=1S/C20H20ClF2N7O/c1-28-8-17(20(22,23)11-28)30-18(9-29-7-13(10-31-2)26-27-29)25-16-6-24-15-4-3-12(21)5-14(15)19(16)30/h3-7,17H,8-11H2,1-2H3/t17-/m1/s1. The Balaban J connectivity index is 1.72. The minimum atomic E-state index is -2.92. The van der Waals surface area contributed by atoms with E-state index in [1.807, 2.05) is 0 Å². The van der Waals surface area contributed by atoms with Gasteiger partial charge in [0.05, 0.1) is 36.6 Å². The minimum Gasteiger partial charge on any atom is -0.378 e. The number of likely N-dealkylation sites (tertiary alicyclic amines) is 1. The van der Waals surface area contributed by atoms with E-state index in [1.165, 1.54) is 0 Å². The first-order valence-corrected chi connectivity index (χ1v) is 10.1. The Kier molecular flexibility index (Phi) is 4.87. The summed E-state index contributed by atoms with van der Waals surface area (Å²) in [6.45, 7) is 0.378. The molecule has 0 bridgehead atoms. The van der Waals surface area contributed by atoms with Crippen molar-refractivity contribution >= 4 is 33.5 Å². The Morgan fingerprint density at radius 2 is 2.13 bits per heavy atom. The van der Waals surface area contributed by atoms with Gasteiger partial charge >= 0.3 is 0 Å². The van der Waals surface area contributed by atoms with Crippen molar-refractivity contribution in [3.05, 3.63) is 47.1 Å². The van der Waals surface area contributed by atoms with Gasteiger partial charge in [-0.3, -0.25) is 9.88 Å². The van der Waals surface area contributed by atoms with Crippen LogP contribution in [-0.4, -0.2) is 67.6 Å². The summed E-state index contributed by atoms with van der Waals surface area (Å²) in [5.41, 5.74) is 2.45. The topological polar surface area (TPSA) is 73.9 Å². The number of halogens is 3. The molecule has 5 rings (SSSR count). The first-order valence-electron chi connectivity index (χ1n) is 9.75. The molecule has 11 heteroatoms. The van der Waals surface area contributed by atoms with Crippen LogP contribution >= 0.6 is 11.6 Å². The van der Waals surface area contributed by atoms with Crippen molar-refractivity contribution in [2.75, 3.05) is 27.2 Å². The first kappa shape index (κ1) is 20.2. The van der Waals surface area contributed by atoms with Crippen molar-refractivity contribution in [1.82, 2.24) is 34.4 Å². The van der Waals surface area contributed by atoms with Crippen LogP contribution in [0.3, 0.4) is 0 Å². The van der Waals surface area contributed by atoms with E-state index in [9.17, 15) is 0 Å². The molecule has 1 atom stereocenters. The second-order valence-corrected chi connectivity index (χ2v) is 8.30. The zero-order chi connectivity index (χ0) is 21.8. The predicted octanol–water partition coefficient (Wildman–Crippen LogP) is 3.15. The maximum absolute atomic E-state index is 15.1. The Hall–Kier alpha value is -2.69. The summed E-state index contributed by atoms with van der Waals surface area (Å²) in [6.07, 6.45) is 3.33. The van der Waals surface area contributed by atoms with Gasteiger partial charge in [0.15, 0.2) is 0 Å². The van der Waals surface area contributed by atoms with Gasteiger partial charge in [0.25, 0.3) is 5.92 Å². The minimum absolute atomic E-state index is 0.184. The van der Waals surface area contributed by atoms with Crippen molar-refractivity contribution < 1.29 is 13.5 Å². The summed E-state index contributed by atoms with van der Waals surface area (Å²) < 4.78 is 38.4. The molecule has 0 radical (unpaired) electrons. The van der Waals surface area contributed by atoms with Crippen molar-refractivity contribution in [2.45, 2.75) is 25.1 Å². The predicted molar refractivity (Wildman–Crippen MR) is 111 cm³/mol. The van der Waals surface area contributed by atoms with Gasteiger partial charge in [-0.25, -0.2) is 18.4 Å². The average molecular weight is 448 g/mol. The Labute approximate surface area is 181 Å². The second-order valence-electron chi connectivity index (χ2n) is 7.87. The van der Waals surface area contributed by atoms with Gasteiger partial charge in [0.1, 0.15) is 29.6 Å². The summed E-state index contributed by atoms with van der Waals surface area (Å²) in [4.78, 5) is 10.7. The largest absolute Gasteiger partial charge is 0.378 e. The zero-order valence-corrected chi connectivity index (χ0v) is 17.7. The molecule has 4 heterocycles. The molecule has 0 aliphatic carbocycles. The molecule has 4 aromatic rings. The van der Waals surface area contributed by atoms with Gasteiger partial charge < -0.3 is 9.30 Å². The Bertz CT molecular complexity index is 1270. The lowest BCUT2D eigenvalue weighted by Crippen LogP contribution is -2.31. The van der Waals surface area contributed by atoms with Gasteiger partial charge in [-0.05, 0) is 25.2 Å². The molecule has 8 nitrogen and oxygen atoms in total. The monoisotopic (exact) mass is 447 g/mol. The highest BCUT2D eigenvalue weighted by atomic mass is 35.5. The SMILES string of the molecule is COCc1cn(Cc2nc3cnc4ccc(Cl)cc4c3n2[C@@H]2CN(C)CC2(F)F)nn1. The number of imidazole rings is 1. The lowest BCUT2D eigenvalue weighted by Gasteiger charge is -2.22. The van der Waals surface area contributed by atoms with Gasteiger partial charge in [-0.1, -0.05) is 16.8 Å². The molecular weight excluding hydrogens is 428 g/mol. The average Bonchev–Trinajstić information content (AvgIpc) is 3.37.